The average molecular weight is 302 g/mol. The maximum Gasteiger partial charge on any atom is 0.156 e. The molecule has 0 amide bonds. The summed E-state index contributed by atoms with van der Waals surface area (Å²) in [5, 5.41) is 10.9. The van der Waals surface area contributed by atoms with E-state index >= 15 is 0 Å². The molecule has 2 aromatic rings. The Morgan fingerprint density at radius 1 is 1.37 bits per heavy atom. The summed E-state index contributed by atoms with van der Waals surface area (Å²) < 4.78 is 1.82. The summed E-state index contributed by atoms with van der Waals surface area (Å²) in [5.74, 6) is 0. The van der Waals surface area contributed by atoms with Gasteiger partial charge in [-0.1, -0.05) is 23.2 Å². The van der Waals surface area contributed by atoms with E-state index in [0.29, 0.717) is 28.8 Å². The summed E-state index contributed by atoms with van der Waals surface area (Å²) >= 11 is 12.0. The Kier molecular flexibility index (Phi) is 4.06. The second-order valence-electron chi connectivity index (χ2n) is 5.45. The van der Waals surface area contributed by atoms with Crippen molar-refractivity contribution in [3.8, 4) is 0 Å². The van der Waals surface area contributed by atoms with Gasteiger partial charge in [-0.3, -0.25) is 4.90 Å². The van der Waals surface area contributed by atoms with Gasteiger partial charge in [0.2, 0.25) is 0 Å². The lowest BCUT2D eigenvalue weighted by atomic mass is 10.1. The van der Waals surface area contributed by atoms with Gasteiger partial charge in [0, 0.05) is 25.5 Å². The Balaban J connectivity index is 2.20. The molecule has 4 nitrogen and oxygen atoms in total. The van der Waals surface area contributed by atoms with Crippen molar-refractivity contribution in [2.45, 2.75) is 26.0 Å². The highest BCUT2D eigenvalue weighted by Crippen LogP contribution is 2.22. The molecule has 0 fully saturated rings. The number of aliphatic hydroxyl groups is 1. The normalized spacial score (nSPS) is 12.6. The van der Waals surface area contributed by atoms with Crippen LogP contribution in [0.5, 0.6) is 0 Å². The first kappa shape index (κ1) is 14.6. The van der Waals surface area contributed by atoms with Crippen molar-refractivity contribution in [2.75, 3.05) is 13.6 Å². The van der Waals surface area contributed by atoms with E-state index in [1.54, 1.807) is 26.1 Å². The van der Waals surface area contributed by atoms with Crippen LogP contribution in [0.3, 0.4) is 0 Å². The van der Waals surface area contributed by atoms with Gasteiger partial charge in [-0.05, 0) is 27.0 Å². The summed E-state index contributed by atoms with van der Waals surface area (Å²) in [7, 11) is 1.94. The predicted octanol–water partition coefficient (Wildman–Crippen LogP) is 2.84. The Morgan fingerprint density at radius 3 is 2.68 bits per heavy atom. The number of rotatable bonds is 4. The monoisotopic (exact) mass is 301 g/mol. The first-order chi connectivity index (χ1) is 8.74. The molecule has 0 spiro atoms. The van der Waals surface area contributed by atoms with E-state index < -0.39 is 5.60 Å². The third-order valence-electron chi connectivity index (χ3n) is 2.61. The molecule has 6 heteroatoms. The summed E-state index contributed by atoms with van der Waals surface area (Å²) in [4.78, 5) is 6.48. The third kappa shape index (κ3) is 3.83. The fourth-order valence-corrected chi connectivity index (χ4v) is 2.67. The molecule has 0 bridgehead atoms. The van der Waals surface area contributed by atoms with Crippen molar-refractivity contribution in [2.24, 2.45) is 0 Å². The number of imidazole rings is 1. The lowest BCUT2D eigenvalue weighted by molar-refractivity contribution is 0.0422. The third-order valence-corrected chi connectivity index (χ3v) is 3.10. The van der Waals surface area contributed by atoms with Crippen LogP contribution in [0.25, 0.3) is 5.65 Å². The maximum absolute atomic E-state index is 9.78. The van der Waals surface area contributed by atoms with Gasteiger partial charge in [-0.25, -0.2) is 4.98 Å². The fourth-order valence-electron chi connectivity index (χ4n) is 2.14. The highest BCUT2D eigenvalue weighted by atomic mass is 35.5. The zero-order valence-electron chi connectivity index (χ0n) is 11.2. The van der Waals surface area contributed by atoms with Crippen molar-refractivity contribution in [3.63, 3.8) is 0 Å². The first-order valence-electron chi connectivity index (χ1n) is 5.98. The first-order valence-corrected chi connectivity index (χ1v) is 6.74. The molecule has 19 heavy (non-hydrogen) atoms. The van der Waals surface area contributed by atoms with Crippen molar-refractivity contribution in [1.82, 2.24) is 14.3 Å². The Morgan fingerprint density at radius 2 is 2.05 bits per heavy atom. The van der Waals surface area contributed by atoms with Crippen LogP contribution in [0.1, 0.15) is 19.5 Å². The quantitative estimate of drug-likeness (QED) is 0.944. The molecule has 104 valence electrons. The summed E-state index contributed by atoms with van der Waals surface area (Å²) in [6.45, 7) is 4.77. The van der Waals surface area contributed by atoms with Gasteiger partial charge < -0.3 is 9.51 Å². The standard InChI is InChI=1S/C13H17Cl2N3O/c1-13(2,19)8-17(3)6-10-7-18-5-9(14)4-11(15)12(18)16-10/h4-5,7,19H,6,8H2,1-3H3. The molecule has 2 aromatic heterocycles. The molecule has 1 N–H and O–H groups in total. The molecule has 0 aromatic carbocycles. The molecule has 0 saturated carbocycles. The minimum absolute atomic E-state index is 0.531. The minimum Gasteiger partial charge on any atom is -0.389 e. The van der Waals surface area contributed by atoms with Crippen LogP contribution in [0, 0.1) is 0 Å². The smallest absolute Gasteiger partial charge is 0.156 e. The summed E-state index contributed by atoms with van der Waals surface area (Å²) in [5.41, 5.74) is 0.850. The number of nitrogens with zero attached hydrogens (tertiary/aromatic N) is 3. The zero-order valence-corrected chi connectivity index (χ0v) is 12.7. The van der Waals surface area contributed by atoms with Crippen LogP contribution >= 0.6 is 23.2 Å². The van der Waals surface area contributed by atoms with Crippen LogP contribution in [-0.4, -0.2) is 38.6 Å². The molecular formula is C13H17Cl2N3O. The van der Waals surface area contributed by atoms with Crippen molar-refractivity contribution in [1.29, 1.82) is 0 Å². The lowest BCUT2D eigenvalue weighted by Crippen LogP contribution is -2.35. The van der Waals surface area contributed by atoms with Gasteiger partial charge in [0.1, 0.15) is 0 Å². The van der Waals surface area contributed by atoms with E-state index in [1.807, 2.05) is 22.5 Å². The van der Waals surface area contributed by atoms with Crippen molar-refractivity contribution >= 4 is 28.8 Å². The molecule has 0 aliphatic rings. The predicted molar refractivity (Wildman–Crippen MR) is 77.8 cm³/mol. The minimum atomic E-state index is -0.727. The number of pyridine rings is 1. The summed E-state index contributed by atoms with van der Waals surface area (Å²) in [6.07, 6.45) is 3.67. The van der Waals surface area contributed by atoms with Gasteiger partial charge in [0.25, 0.3) is 0 Å². The van der Waals surface area contributed by atoms with Crippen molar-refractivity contribution < 1.29 is 5.11 Å². The second kappa shape index (κ2) is 5.29. The number of fused-ring (bicyclic) bond motifs is 1. The maximum atomic E-state index is 9.78. The van der Waals surface area contributed by atoms with E-state index in [-0.39, 0.29) is 0 Å². The summed E-state index contributed by atoms with van der Waals surface area (Å²) in [6, 6.07) is 1.68. The van der Waals surface area contributed by atoms with Crippen molar-refractivity contribution in [3.05, 3.63) is 34.2 Å². The topological polar surface area (TPSA) is 40.8 Å². The molecule has 0 unspecified atom stereocenters. The molecule has 0 aliphatic heterocycles. The van der Waals surface area contributed by atoms with E-state index in [0.717, 1.165) is 5.69 Å². The van der Waals surface area contributed by atoms with Crippen LogP contribution in [0.2, 0.25) is 10.0 Å². The average Bonchev–Trinajstić information content (AvgIpc) is 2.56. The highest BCUT2D eigenvalue weighted by molar-refractivity contribution is 6.36. The molecule has 0 radical (unpaired) electrons. The SMILES string of the molecule is CN(Cc1cn2cc(Cl)cc(Cl)c2n1)CC(C)(C)O. The van der Waals surface area contributed by atoms with Gasteiger partial charge in [-0.2, -0.15) is 0 Å². The van der Waals surface area contributed by atoms with Crippen LogP contribution < -0.4 is 0 Å². The van der Waals surface area contributed by atoms with Gasteiger partial charge in [-0.15, -0.1) is 0 Å². The number of hydrogen-bond acceptors (Lipinski definition) is 3. The van der Waals surface area contributed by atoms with Crippen LogP contribution in [0.15, 0.2) is 18.5 Å². The van der Waals surface area contributed by atoms with Crippen LogP contribution in [-0.2, 0) is 6.54 Å². The molecule has 0 aliphatic carbocycles. The number of aromatic nitrogens is 2. The molecule has 0 atom stereocenters. The number of likely N-dealkylation sites (N-methyl/N-ethyl adjacent to an activating group) is 1. The van der Waals surface area contributed by atoms with Crippen LogP contribution in [0.4, 0.5) is 0 Å². The van der Waals surface area contributed by atoms with Gasteiger partial charge in [0.05, 0.1) is 21.3 Å². The highest BCUT2D eigenvalue weighted by Gasteiger charge is 2.16. The molecular weight excluding hydrogens is 285 g/mol. The van der Waals surface area contributed by atoms with E-state index in [9.17, 15) is 5.11 Å². The molecule has 2 rings (SSSR count). The molecule has 2 heterocycles. The second-order valence-corrected chi connectivity index (χ2v) is 6.30. The van der Waals surface area contributed by atoms with Gasteiger partial charge >= 0.3 is 0 Å². The van der Waals surface area contributed by atoms with E-state index in [1.165, 1.54) is 0 Å². The number of halogens is 2. The van der Waals surface area contributed by atoms with E-state index in [2.05, 4.69) is 4.98 Å². The molecule has 0 saturated heterocycles. The zero-order chi connectivity index (χ0) is 14.2. The largest absolute Gasteiger partial charge is 0.389 e. The Hall–Kier alpha value is -0.810. The van der Waals surface area contributed by atoms with E-state index in [4.69, 9.17) is 23.2 Å². The Labute approximate surface area is 122 Å². The lowest BCUT2D eigenvalue weighted by Gasteiger charge is -2.24. The van der Waals surface area contributed by atoms with Gasteiger partial charge in [0.15, 0.2) is 5.65 Å². The fraction of sp³-hybridized carbons (Fsp3) is 0.462. The number of hydrogen-bond donors (Lipinski definition) is 1. The Bertz CT molecular complexity index is 589.